The Balaban J connectivity index is 2.12. The monoisotopic (exact) mass is 257 g/mol. The lowest BCUT2D eigenvalue weighted by Gasteiger charge is -2.05. The third kappa shape index (κ3) is 3.84. The Morgan fingerprint density at radius 3 is 2.84 bits per heavy atom. The van der Waals surface area contributed by atoms with E-state index in [2.05, 4.69) is 24.1 Å². The van der Waals surface area contributed by atoms with Crippen LogP contribution < -0.4 is 5.32 Å². The Morgan fingerprint density at radius 2 is 2.21 bits per heavy atom. The lowest BCUT2D eigenvalue weighted by Crippen LogP contribution is -2.26. The summed E-state index contributed by atoms with van der Waals surface area (Å²) in [6.07, 6.45) is 1.52. The fourth-order valence-corrected chi connectivity index (χ4v) is 1.98. The molecule has 0 spiro atoms. The molecule has 2 atom stereocenters. The maximum Gasteiger partial charge on any atom is 0.251 e. The van der Waals surface area contributed by atoms with Crippen LogP contribution in [-0.2, 0) is 0 Å². The zero-order valence-electron chi connectivity index (χ0n) is 11.4. The van der Waals surface area contributed by atoms with Gasteiger partial charge in [-0.25, -0.2) is 0 Å². The lowest BCUT2D eigenvalue weighted by molar-refractivity contribution is 0.0949. The smallest absolute Gasteiger partial charge is 0.251 e. The number of rotatable bonds is 3. The SMILES string of the molecule is Cc1cc(C#CCCO)cc(C(=O)NC2CC2C)c1. The molecule has 2 N–H and O–H groups in total. The van der Waals surface area contributed by atoms with Crippen molar-refractivity contribution in [2.75, 3.05) is 6.61 Å². The first-order valence-corrected chi connectivity index (χ1v) is 6.62. The summed E-state index contributed by atoms with van der Waals surface area (Å²) >= 11 is 0. The standard InChI is InChI=1S/C16H19NO2/c1-11-7-13(5-3-4-6-18)10-14(8-11)16(19)17-15-9-12(15)2/h7-8,10,12,15,18H,4,6,9H2,1-2H3,(H,17,19). The molecule has 1 aliphatic rings. The molecule has 2 unspecified atom stereocenters. The summed E-state index contributed by atoms with van der Waals surface area (Å²) < 4.78 is 0. The minimum Gasteiger partial charge on any atom is -0.395 e. The van der Waals surface area contributed by atoms with Crippen LogP contribution in [0.3, 0.4) is 0 Å². The molecule has 19 heavy (non-hydrogen) atoms. The van der Waals surface area contributed by atoms with Gasteiger partial charge in [-0.1, -0.05) is 18.8 Å². The fourth-order valence-electron chi connectivity index (χ4n) is 1.98. The molecule has 100 valence electrons. The van der Waals surface area contributed by atoms with E-state index < -0.39 is 0 Å². The van der Waals surface area contributed by atoms with E-state index in [1.54, 1.807) is 6.07 Å². The minimum absolute atomic E-state index is 0.0248. The molecule has 1 aromatic carbocycles. The number of nitrogens with one attached hydrogen (secondary N) is 1. The number of hydrogen-bond acceptors (Lipinski definition) is 2. The summed E-state index contributed by atoms with van der Waals surface area (Å²) in [5.74, 6) is 6.41. The van der Waals surface area contributed by atoms with Crippen LogP contribution in [0.25, 0.3) is 0 Å². The maximum absolute atomic E-state index is 12.1. The van der Waals surface area contributed by atoms with E-state index in [1.165, 1.54) is 0 Å². The normalized spacial score (nSPS) is 20.4. The van der Waals surface area contributed by atoms with Crippen molar-refractivity contribution in [3.05, 3.63) is 34.9 Å². The second-order valence-corrected chi connectivity index (χ2v) is 5.16. The zero-order chi connectivity index (χ0) is 13.8. The Labute approximate surface area is 114 Å². The van der Waals surface area contributed by atoms with Gasteiger partial charge in [0.15, 0.2) is 0 Å². The molecule has 0 heterocycles. The van der Waals surface area contributed by atoms with Crippen LogP contribution in [0, 0.1) is 24.7 Å². The molecule has 0 radical (unpaired) electrons. The Bertz CT molecular complexity index is 539. The van der Waals surface area contributed by atoms with E-state index in [-0.39, 0.29) is 12.5 Å². The van der Waals surface area contributed by atoms with E-state index in [9.17, 15) is 4.79 Å². The van der Waals surface area contributed by atoms with Gasteiger partial charge in [0.2, 0.25) is 0 Å². The van der Waals surface area contributed by atoms with Gasteiger partial charge in [-0.15, -0.1) is 0 Å². The van der Waals surface area contributed by atoms with Gasteiger partial charge >= 0.3 is 0 Å². The number of aliphatic hydroxyl groups is 1. The largest absolute Gasteiger partial charge is 0.395 e. The number of benzene rings is 1. The van der Waals surface area contributed by atoms with Gasteiger partial charge in [0.1, 0.15) is 0 Å². The van der Waals surface area contributed by atoms with Crippen LogP contribution in [0.15, 0.2) is 18.2 Å². The molecular weight excluding hydrogens is 238 g/mol. The highest BCUT2D eigenvalue weighted by atomic mass is 16.2. The molecule has 1 aliphatic carbocycles. The Kier molecular flexibility index (Phi) is 4.24. The van der Waals surface area contributed by atoms with Crippen LogP contribution >= 0.6 is 0 Å². The molecule has 1 aromatic rings. The predicted octanol–water partition coefficient (Wildman–Crippen LogP) is 1.87. The number of hydrogen-bond donors (Lipinski definition) is 2. The van der Waals surface area contributed by atoms with Crippen LogP contribution in [0.5, 0.6) is 0 Å². The zero-order valence-corrected chi connectivity index (χ0v) is 11.4. The van der Waals surface area contributed by atoms with Gasteiger partial charge in [0, 0.05) is 23.6 Å². The third-order valence-corrected chi connectivity index (χ3v) is 3.24. The van der Waals surface area contributed by atoms with Gasteiger partial charge in [-0.05, 0) is 43.0 Å². The van der Waals surface area contributed by atoms with Crippen molar-refractivity contribution in [2.45, 2.75) is 32.7 Å². The molecule has 2 rings (SSSR count). The van der Waals surface area contributed by atoms with E-state index in [0.717, 1.165) is 17.5 Å². The lowest BCUT2D eigenvalue weighted by atomic mass is 10.1. The highest BCUT2D eigenvalue weighted by Gasteiger charge is 2.33. The first-order chi connectivity index (χ1) is 9.10. The first-order valence-electron chi connectivity index (χ1n) is 6.62. The van der Waals surface area contributed by atoms with E-state index in [4.69, 9.17) is 5.11 Å². The summed E-state index contributed by atoms with van der Waals surface area (Å²) in [7, 11) is 0. The summed E-state index contributed by atoms with van der Waals surface area (Å²) in [6, 6.07) is 5.96. The number of carbonyl (C=O) groups excluding carboxylic acids is 1. The van der Waals surface area contributed by atoms with Crippen LogP contribution in [0.4, 0.5) is 0 Å². The van der Waals surface area contributed by atoms with Crippen LogP contribution in [-0.4, -0.2) is 23.7 Å². The van der Waals surface area contributed by atoms with Crippen LogP contribution in [0.1, 0.15) is 41.3 Å². The molecular formula is C16H19NO2. The Morgan fingerprint density at radius 1 is 1.47 bits per heavy atom. The first kappa shape index (κ1) is 13.6. The predicted molar refractivity (Wildman–Crippen MR) is 74.8 cm³/mol. The molecule has 0 bridgehead atoms. The van der Waals surface area contributed by atoms with Crippen molar-refractivity contribution in [2.24, 2.45) is 5.92 Å². The van der Waals surface area contributed by atoms with E-state index in [1.807, 2.05) is 19.1 Å². The van der Waals surface area contributed by atoms with Gasteiger partial charge in [0.05, 0.1) is 6.61 Å². The quantitative estimate of drug-likeness (QED) is 0.812. The third-order valence-electron chi connectivity index (χ3n) is 3.24. The molecule has 1 fully saturated rings. The van der Waals surface area contributed by atoms with Crippen molar-refractivity contribution in [3.63, 3.8) is 0 Å². The van der Waals surface area contributed by atoms with Crippen molar-refractivity contribution in [1.29, 1.82) is 0 Å². The van der Waals surface area contributed by atoms with E-state index >= 15 is 0 Å². The highest BCUT2D eigenvalue weighted by molar-refractivity contribution is 5.95. The topological polar surface area (TPSA) is 49.3 Å². The number of aliphatic hydroxyl groups excluding tert-OH is 1. The van der Waals surface area contributed by atoms with Crippen molar-refractivity contribution < 1.29 is 9.90 Å². The molecule has 3 heteroatoms. The van der Waals surface area contributed by atoms with Gasteiger partial charge in [-0.3, -0.25) is 4.79 Å². The molecule has 0 aliphatic heterocycles. The number of amides is 1. The summed E-state index contributed by atoms with van der Waals surface area (Å²) in [6.45, 7) is 4.15. The second-order valence-electron chi connectivity index (χ2n) is 5.16. The highest BCUT2D eigenvalue weighted by Crippen LogP contribution is 2.29. The maximum atomic E-state index is 12.1. The molecule has 1 amide bonds. The number of carbonyl (C=O) groups is 1. The fraction of sp³-hybridized carbons (Fsp3) is 0.438. The van der Waals surface area contributed by atoms with Crippen molar-refractivity contribution >= 4 is 5.91 Å². The molecule has 0 aromatic heterocycles. The van der Waals surface area contributed by atoms with Crippen molar-refractivity contribution in [1.82, 2.24) is 5.32 Å². The summed E-state index contributed by atoms with van der Waals surface area (Å²) in [5, 5.41) is 11.7. The minimum atomic E-state index is -0.0248. The van der Waals surface area contributed by atoms with Gasteiger partial charge in [-0.2, -0.15) is 0 Å². The number of aryl methyl sites for hydroxylation is 1. The van der Waals surface area contributed by atoms with E-state index in [0.29, 0.717) is 23.9 Å². The van der Waals surface area contributed by atoms with Crippen LogP contribution in [0.2, 0.25) is 0 Å². The average molecular weight is 257 g/mol. The van der Waals surface area contributed by atoms with Gasteiger partial charge in [0.25, 0.3) is 5.91 Å². The van der Waals surface area contributed by atoms with Gasteiger partial charge < -0.3 is 10.4 Å². The average Bonchev–Trinajstić information content (AvgIpc) is 3.04. The molecule has 3 nitrogen and oxygen atoms in total. The summed E-state index contributed by atoms with van der Waals surface area (Å²) in [4.78, 5) is 12.1. The Hall–Kier alpha value is -1.79. The van der Waals surface area contributed by atoms with Crippen molar-refractivity contribution in [3.8, 4) is 11.8 Å². The molecule has 0 saturated heterocycles. The summed E-state index contributed by atoms with van der Waals surface area (Å²) in [5.41, 5.74) is 2.50. The molecule has 1 saturated carbocycles. The second kappa shape index (κ2) is 5.90.